The van der Waals surface area contributed by atoms with Gasteiger partial charge in [0.1, 0.15) is 0 Å². The minimum Gasteiger partial charge on any atom is -0.308 e. The summed E-state index contributed by atoms with van der Waals surface area (Å²) in [5, 5.41) is 3.79. The topological polar surface area (TPSA) is 18.5 Å². The van der Waals surface area contributed by atoms with Crippen molar-refractivity contribution in [1.29, 1.82) is 0 Å². The zero-order chi connectivity index (χ0) is 16.6. The number of likely N-dealkylation sites (N-methyl/N-ethyl adjacent to an activating group) is 1. The average Bonchev–Trinajstić information content (AvgIpc) is 2.64. The normalized spacial score (nSPS) is 17.7. The number of benzene rings is 2. The lowest BCUT2D eigenvalue weighted by Crippen LogP contribution is -2.46. The first kappa shape index (κ1) is 17.2. The Hall–Kier alpha value is -1.68. The van der Waals surface area contributed by atoms with E-state index in [9.17, 15) is 0 Å². The molecule has 128 valence electrons. The molecule has 2 aromatic carbocycles. The van der Waals surface area contributed by atoms with Crippen LogP contribution in [0.25, 0.3) is 0 Å². The van der Waals surface area contributed by atoms with Crippen molar-refractivity contribution < 1.29 is 0 Å². The van der Waals surface area contributed by atoms with Crippen molar-refractivity contribution in [2.24, 2.45) is 0 Å². The van der Waals surface area contributed by atoms with E-state index in [1.165, 1.54) is 37.3 Å². The van der Waals surface area contributed by atoms with Crippen LogP contribution in [0.15, 0.2) is 60.7 Å². The molecule has 0 saturated carbocycles. The van der Waals surface area contributed by atoms with Gasteiger partial charge in [-0.2, -0.15) is 0 Å². The molecule has 0 radical (unpaired) electrons. The fraction of sp³-hybridized carbons (Fsp3) is 0.429. The lowest BCUT2D eigenvalue weighted by atomic mass is 9.99. The number of hydrogen-bond donors (Lipinski definition) is 1. The second-order valence-electron chi connectivity index (χ2n) is 6.75. The molecule has 1 N–H and O–H groups in total. The smallest absolute Gasteiger partial charge is 0.0361 e. The highest BCUT2D eigenvalue weighted by Crippen LogP contribution is 2.18. The maximum absolute atomic E-state index is 3.79. The highest BCUT2D eigenvalue weighted by Gasteiger charge is 2.15. The Balaban J connectivity index is 1.56. The third-order valence-corrected chi connectivity index (χ3v) is 4.90. The van der Waals surface area contributed by atoms with Crippen molar-refractivity contribution in [2.75, 3.05) is 46.3 Å². The van der Waals surface area contributed by atoms with Crippen LogP contribution in [0.2, 0.25) is 0 Å². The second-order valence-corrected chi connectivity index (χ2v) is 6.75. The Kier molecular flexibility index (Phi) is 6.41. The van der Waals surface area contributed by atoms with Crippen molar-refractivity contribution in [1.82, 2.24) is 15.1 Å². The molecular weight excluding hydrogens is 294 g/mol. The van der Waals surface area contributed by atoms with Crippen molar-refractivity contribution >= 4 is 0 Å². The van der Waals surface area contributed by atoms with Crippen LogP contribution in [0.5, 0.6) is 0 Å². The van der Waals surface area contributed by atoms with E-state index in [1.54, 1.807) is 0 Å². The molecule has 0 amide bonds. The van der Waals surface area contributed by atoms with Crippen LogP contribution in [-0.2, 0) is 6.42 Å². The van der Waals surface area contributed by atoms with Crippen LogP contribution in [0.4, 0.5) is 0 Å². The van der Waals surface area contributed by atoms with E-state index >= 15 is 0 Å². The molecule has 1 saturated heterocycles. The van der Waals surface area contributed by atoms with E-state index in [2.05, 4.69) is 82.8 Å². The van der Waals surface area contributed by atoms with Crippen molar-refractivity contribution in [3.8, 4) is 0 Å². The van der Waals surface area contributed by atoms with Crippen LogP contribution < -0.4 is 5.32 Å². The zero-order valence-corrected chi connectivity index (χ0v) is 14.7. The zero-order valence-electron chi connectivity index (χ0n) is 14.7. The molecule has 24 heavy (non-hydrogen) atoms. The van der Waals surface area contributed by atoms with Gasteiger partial charge in [-0.15, -0.1) is 0 Å². The summed E-state index contributed by atoms with van der Waals surface area (Å²) in [6.45, 7) is 6.92. The van der Waals surface area contributed by atoms with Gasteiger partial charge in [-0.05, 0) is 24.6 Å². The summed E-state index contributed by atoms with van der Waals surface area (Å²) in [5.41, 5.74) is 2.76. The predicted molar refractivity (Wildman–Crippen MR) is 101 cm³/mol. The molecule has 1 atom stereocenters. The third-order valence-electron chi connectivity index (χ3n) is 4.90. The first-order valence-electron chi connectivity index (χ1n) is 9.04. The SMILES string of the molecule is CN1CCN(CCNC(Cc2ccccc2)c2ccccc2)CC1. The Morgan fingerprint density at radius 2 is 1.50 bits per heavy atom. The summed E-state index contributed by atoms with van der Waals surface area (Å²) in [4.78, 5) is 4.98. The van der Waals surface area contributed by atoms with Gasteiger partial charge in [0.2, 0.25) is 0 Å². The minimum atomic E-state index is 0.376. The van der Waals surface area contributed by atoms with Crippen molar-refractivity contribution in [3.63, 3.8) is 0 Å². The molecule has 0 bridgehead atoms. The molecule has 1 fully saturated rings. The highest BCUT2D eigenvalue weighted by atomic mass is 15.2. The summed E-state index contributed by atoms with van der Waals surface area (Å²) in [6, 6.07) is 22.0. The summed E-state index contributed by atoms with van der Waals surface area (Å²) < 4.78 is 0. The van der Waals surface area contributed by atoms with Crippen LogP contribution in [-0.4, -0.2) is 56.1 Å². The van der Waals surface area contributed by atoms with Gasteiger partial charge in [-0.25, -0.2) is 0 Å². The van der Waals surface area contributed by atoms with Crippen LogP contribution >= 0.6 is 0 Å². The fourth-order valence-corrected chi connectivity index (χ4v) is 3.31. The summed E-state index contributed by atoms with van der Waals surface area (Å²) >= 11 is 0. The van der Waals surface area contributed by atoms with Gasteiger partial charge in [-0.3, -0.25) is 4.90 Å². The molecule has 1 unspecified atom stereocenters. The molecule has 1 heterocycles. The first-order valence-corrected chi connectivity index (χ1v) is 9.04. The highest BCUT2D eigenvalue weighted by molar-refractivity contribution is 5.23. The van der Waals surface area contributed by atoms with Gasteiger partial charge < -0.3 is 10.2 Å². The van der Waals surface area contributed by atoms with Gasteiger partial charge in [-0.1, -0.05) is 60.7 Å². The molecule has 0 aliphatic carbocycles. The number of nitrogens with one attached hydrogen (secondary N) is 1. The summed E-state index contributed by atoms with van der Waals surface area (Å²) in [7, 11) is 2.21. The minimum absolute atomic E-state index is 0.376. The maximum atomic E-state index is 3.79. The first-order chi connectivity index (χ1) is 11.8. The molecule has 3 rings (SSSR count). The van der Waals surface area contributed by atoms with Crippen LogP contribution in [0.1, 0.15) is 17.2 Å². The molecular formula is C21H29N3. The van der Waals surface area contributed by atoms with Gasteiger partial charge in [0.15, 0.2) is 0 Å². The molecule has 3 nitrogen and oxygen atoms in total. The van der Waals surface area contributed by atoms with Gasteiger partial charge in [0.25, 0.3) is 0 Å². The lowest BCUT2D eigenvalue weighted by molar-refractivity contribution is 0.153. The van der Waals surface area contributed by atoms with Gasteiger partial charge in [0, 0.05) is 45.3 Å². The Labute approximate surface area is 146 Å². The number of hydrogen-bond acceptors (Lipinski definition) is 3. The largest absolute Gasteiger partial charge is 0.308 e. The van der Waals surface area contributed by atoms with Crippen molar-refractivity contribution in [3.05, 3.63) is 71.8 Å². The van der Waals surface area contributed by atoms with Crippen LogP contribution in [0.3, 0.4) is 0 Å². The van der Waals surface area contributed by atoms with E-state index in [1.807, 2.05) is 0 Å². The number of nitrogens with zero attached hydrogens (tertiary/aromatic N) is 2. The Morgan fingerprint density at radius 3 is 2.17 bits per heavy atom. The third kappa shape index (κ3) is 5.17. The standard InChI is InChI=1S/C21H29N3/c1-23-14-16-24(17-15-23)13-12-22-21(20-10-6-3-7-11-20)18-19-8-4-2-5-9-19/h2-11,21-22H,12-18H2,1H3. The Morgan fingerprint density at radius 1 is 0.875 bits per heavy atom. The monoisotopic (exact) mass is 323 g/mol. The van der Waals surface area contributed by atoms with Gasteiger partial charge >= 0.3 is 0 Å². The van der Waals surface area contributed by atoms with E-state index in [0.29, 0.717) is 6.04 Å². The van der Waals surface area contributed by atoms with E-state index in [4.69, 9.17) is 0 Å². The second kappa shape index (κ2) is 8.97. The van der Waals surface area contributed by atoms with E-state index in [-0.39, 0.29) is 0 Å². The van der Waals surface area contributed by atoms with E-state index in [0.717, 1.165) is 19.5 Å². The molecule has 1 aliphatic rings. The van der Waals surface area contributed by atoms with E-state index < -0.39 is 0 Å². The summed E-state index contributed by atoms with van der Waals surface area (Å²) in [6.07, 6.45) is 1.04. The van der Waals surface area contributed by atoms with Gasteiger partial charge in [0.05, 0.1) is 0 Å². The fourth-order valence-electron chi connectivity index (χ4n) is 3.31. The maximum Gasteiger partial charge on any atom is 0.0361 e. The quantitative estimate of drug-likeness (QED) is 0.845. The summed E-state index contributed by atoms with van der Waals surface area (Å²) in [5.74, 6) is 0. The van der Waals surface area contributed by atoms with Crippen LogP contribution in [0, 0.1) is 0 Å². The lowest BCUT2D eigenvalue weighted by Gasteiger charge is -2.32. The number of rotatable bonds is 7. The molecule has 2 aromatic rings. The molecule has 0 aromatic heterocycles. The molecule has 3 heteroatoms. The van der Waals surface area contributed by atoms with Crippen molar-refractivity contribution in [2.45, 2.75) is 12.5 Å². The molecule has 0 spiro atoms. The Bertz CT molecular complexity index is 577. The molecule has 1 aliphatic heterocycles. The predicted octanol–water partition coefficient (Wildman–Crippen LogP) is 2.81. The average molecular weight is 323 g/mol. The number of piperazine rings is 1.